The van der Waals surface area contributed by atoms with E-state index in [4.69, 9.17) is 11.6 Å². The van der Waals surface area contributed by atoms with Crippen LogP contribution in [0.3, 0.4) is 0 Å². The Morgan fingerprint density at radius 1 is 1.67 bits per heavy atom. The van der Waals surface area contributed by atoms with Crippen molar-refractivity contribution in [3.8, 4) is 11.8 Å². The highest BCUT2D eigenvalue weighted by Crippen LogP contribution is 2.04. The summed E-state index contributed by atoms with van der Waals surface area (Å²) in [5.41, 5.74) is 0.894. The van der Waals surface area contributed by atoms with Crippen molar-refractivity contribution >= 4 is 11.6 Å². The SMILES string of the molecule is CNCC#Cc1ccnc(Cl)c1. The average Bonchev–Trinajstić information content (AvgIpc) is 2.05. The van der Waals surface area contributed by atoms with E-state index in [-0.39, 0.29) is 0 Å². The third kappa shape index (κ3) is 2.91. The van der Waals surface area contributed by atoms with Crippen LogP contribution in [0.2, 0.25) is 5.15 Å². The molecule has 1 heterocycles. The van der Waals surface area contributed by atoms with Crippen LogP contribution in [0.1, 0.15) is 5.56 Å². The molecule has 0 amide bonds. The van der Waals surface area contributed by atoms with Crippen LogP contribution < -0.4 is 5.32 Å². The van der Waals surface area contributed by atoms with Crippen LogP contribution in [-0.4, -0.2) is 18.6 Å². The fraction of sp³-hybridized carbons (Fsp3) is 0.222. The van der Waals surface area contributed by atoms with Crippen LogP contribution >= 0.6 is 11.6 Å². The first-order valence-corrected chi connectivity index (χ1v) is 3.96. The number of nitrogens with one attached hydrogen (secondary N) is 1. The topological polar surface area (TPSA) is 24.9 Å². The fourth-order valence-corrected chi connectivity index (χ4v) is 0.889. The fourth-order valence-electron chi connectivity index (χ4n) is 0.715. The summed E-state index contributed by atoms with van der Waals surface area (Å²) in [6, 6.07) is 3.57. The van der Waals surface area contributed by atoms with Gasteiger partial charge < -0.3 is 5.32 Å². The molecule has 0 bridgehead atoms. The molecule has 0 aliphatic rings. The molecule has 0 spiro atoms. The Labute approximate surface area is 77.0 Å². The van der Waals surface area contributed by atoms with Gasteiger partial charge in [0.25, 0.3) is 0 Å². The maximum Gasteiger partial charge on any atom is 0.130 e. The number of rotatable bonds is 1. The molecule has 0 saturated carbocycles. The van der Waals surface area contributed by atoms with Crippen LogP contribution in [0.25, 0.3) is 0 Å². The van der Waals surface area contributed by atoms with Gasteiger partial charge in [0.15, 0.2) is 0 Å². The molecule has 0 unspecified atom stereocenters. The first kappa shape index (κ1) is 9.05. The van der Waals surface area contributed by atoms with Gasteiger partial charge in [0.1, 0.15) is 5.15 Å². The molecule has 0 fully saturated rings. The van der Waals surface area contributed by atoms with E-state index in [1.165, 1.54) is 0 Å². The first-order chi connectivity index (χ1) is 5.83. The van der Waals surface area contributed by atoms with E-state index in [2.05, 4.69) is 22.1 Å². The van der Waals surface area contributed by atoms with Gasteiger partial charge in [0.2, 0.25) is 0 Å². The summed E-state index contributed by atoms with van der Waals surface area (Å²) < 4.78 is 0. The Hall–Kier alpha value is -1.04. The molecule has 1 N–H and O–H groups in total. The second-order valence-electron chi connectivity index (χ2n) is 2.20. The lowest BCUT2D eigenvalue weighted by Gasteiger charge is -1.89. The highest BCUT2D eigenvalue weighted by molar-refractivity contribution is 6.29. The molecule has 62 valence electrons. The highest BCUT2D eigenvalue weighted by Gasteiger charge is 1.88. The van der Waals surface area contributed by atoms with E-state index in [0.29, 0.717) is 11.7 Å². The number of hydrogen-bond acceptors (Lipinski definition) is 2. The van der Waals surface area contributed by atoms with Crippen molar-refractivity contribution in [2.75, 3.05) is 13.6 Å². The second kappa shape index (κ2) is 4.76. The highest BCUT2D eigenvalue weighted by atomic mass is 35.5. The molecule has 12 heavy (non-hydrogen) atoms. The zero-order valence-electron chi connectivity index (χ0n) is 6.76. The monoisotopic (exact) mass is 180 g/mol. The number of nitrogens with zero attached hydrogens (tertiary/aromatic N) is 1. The molecule has 3 heteroatoms. The van der Waals surface area contributed by atoms with Crippen molar-refractivity contribution in [3.05, 3.63) is 29.0 Å². The van der Waals surface area contributed by atoms with Crippen LogP contribution in [0.4, 0.5) is 0 Å². The molecular formula is C9H9ClN2. The third-order valence-electron chi connectivity index (χ3n) is 1.22. The predicted molar refractivity (Wildman–Crippen MR) is 50.1 cm³/mol. The number of halogens is 1. The summed E-state index contributed by atoms with van der Waals surface area (Å²) in [4.78, 5) is 3.85. The first-order valence-electron chi connectivity index (χ1n) is 3.58. The van der Waals surface area contributed by atoms with Gasteiger partial charge in [-0.25, -0.2) is 4.98 Å². The van der Waals surface area contributed by atoms with E-state index in [0.717, 1.165) is 5.56 Å². The van der Waals surface area contributed by atoms with Crippen molar-refractivity contribution in [1.29, 1.82) is 0 Å². The molecule has 0 radical (unpaired) electrons. The van der Waals surface area contributed by atoms with E-state index in [1.54, 1.807) is 12.3 Å². The smallest absolute Gasteiger partial charge is 0.130 e. The van der Waals surface area contributed by atoms with Gasteiger partial charge in [-0.2, -0.15) is 0 Å². The van der Waals surface area contributed by atoms with E-state index >= 15 is 0 Å². The summed E-state index contributed by atoms with van der Waals surface area (Å²) in [7, 11) is 1.86. The van der Waals surface area contributed by atoms with Gasteiger partial charge in [-0.05, 0) is 19.2 Å². The van der Waals surface area contributed by atoms with E-state index < -0.39 is 0 Å². The van der Waals surface area contributed by atoms with Crippen LogP contribution in [0.5, 0.6) is 0 Å². The summed E-state index contributed by atoms with van der Waals surface area (Å²) >= 11 is 5.66. The predicted octanol–water partition coefficient (Wildman–Crippen LogP) is 1.31. The van der Waals surface area contributed by atoms with Gasteiger partial charge in [-0.3, -0.25) is 0 Å². The van der Waals surface area contributed by atoms with Crippen LogP contribution in [-0.2, 0) is 0 Å². The molecule has 0 saturated heterocycles. The molecular weight excluding hydrogens is 172 g/mol. The molecule has 2 nitrogen and oxygen atoms in total. The van der Waals surface area contributed by atoms with Gasteiger partial charge >= 0.3 is 0 Å². The van der Waals surface area contributed by atoms with Crippen LogP contribution in [0, 0.1) is 11.8 Å². The summed E-state index contributed by atoms with van der Waals surface area (Å²) in [5.74, 6) is 5.88. The van der Waals surface area contributed by atoms with Crippen molar-refractivity contribution in [2.24, 2.45) is 0 Å². The number of pyridine rings is 1. The molecule has 0 atom stereocenters. The van der Waals surface area contributed by atoms with E-state index in [9.17, 15) is 0 Å². The molecule has 1 rings (SSSR count). The summed E-state index contributed by atoms with van der Waals surface area (Å²) in [6.45, 7) is 0.680. The van der Waals surface area contributed by atoms with Gasteiger partial charge in [0, 0.05) is 11.8 Å². The molecule has 1 aromatic rings. The number of hydrogen-bond donors (Lipinski definition) is 1. The lowest BCUT2D eigenvalue weighted by molar-refractivity contribution is 0.938. The van der Waals surface area contributed by atoms with E-state index in [1.807, 2.05) is 13.1 Å². The van der Waals surface area contributed by atoms with Crippen LogP contribution in [0.15, 0.2) is 18.3 Å². The Kier molecular flexibility index (Phi) is 3.59. The normalized spacial score (nSPS) is 8.83. The second-order valence-corrected chi connectivity index (χ2v) is 2.59. The zero-order valence-corrected chi connectivity index (χ0v) is 7.52. The molecule has 0 aromatic carbocycles. The summed E-state index contributed by atoms with van der Waals surface area (Å²) in [5, 5.41) is 3.41. The lowest BCUT2D eigenvalue weighted by Crippen LogP contribution is -2.04. The lowest BCUT2D eigenvalue weighted by atomic mass is 10.3. The molecule has 0 aliphatic heterocycles. The van der Waals surface area contributed by atoms with Crippen molar-refractivity contribution in [1.82, 2.24) is 10.3 Å². The van der Waals surface area contributed by atoms with Gasteiger partial charge in [-0.15, -0.1) is 0 Å². The Morgan fingerprint density at radius 3 is 3.17 bits per heavy atom. The summed E-state index contributed by atoms with van der Waals surface area (Å²) in [6.07, 6.45) is 1.64. The average molecular weight is 181 g/mol. The Morgan fingerprint density at radius 2 is 2.50 bits per heavy atom. The zero-order chi connectivity index (χ0) is 8.81. The Balaban J connectivity index is 2.71. The van der Waals surface area contributed by atoms with Crippen molar-refractivity contribution in [3.63, 3.8) is 0 Å². The quantitative estimate of drug-likeness (QED) is 0.521. The minimum Gasteiger partial charge on any atom is -0.309 e. The standard InChI is InChI=1S/C9H9ClN2/c1-11-5-2-3-8-4-6-12-9(10)7-8/h4,6-7,11H,5H2,1H3. The van der Waals surface area contributed by atoms with Crippen molar-refractivity contribution in [2.45, 2.75) is 0 Å². The van der Waals surface area contributed by atoms with Crippen molar-refractivity contribution < 1.29 is 0 Å². The maximum absolute atomic E-state index is 5.66. The molecule has 0 aliphatic carbocycles. The maximum atomic E-state index is 5.66. The third-order valence-corrected chi connectivity index (χ3v) is 1.43. The Bertz CT molecular complexity index is 312. The largest absolute Gasteiger partial charge is 0.309 e. The van der Waals surface area contributed by atoms with Gasteiger partial charge in [0.05, 0.1) is 6.54 Å². The van der Waals surface area contributed by atoms with Gasteiger partial charge in [-0.1, -0.05) is 23.4 Å². The minimum atomic E-state index is 0.478. The number of aromatic nitrogens is 1. The molecule has 1 aromatic heterocycles. The minimum absolute atomic E-state index is 0.478.